The van der Waals surface area contributed by atoms with E-state index in [4.69, 9.17) is 4.74 Å². The second-order valence-corrected chi connectivity index (χ2v) is 17.2. The van der Waals surface area contributed by atoms with Gasteiger partial charge in [0.15, 0.2) is 0 Å². The molecule has 3 N–H and O–H groups in total. The second kappa shape index (κ2) is 22.2. The van der Waals surface area contributed by atoms with Gasteiger partial charge in [0.05, 0.1) is 24.6 Å². The monoisotopic (exact) mass is 781 g/mol. The number of thioether (sulfide) groups is 1. The highest BCUT2D eigenvalue weighted by molar-refractivity contribution is 8.00. The van der Waals surface area contributed by atoms with Crippen LogP contribution in [0.25, 0.3) is 0 Å². The minimum Gasteiger partial charge on any atom is -0.508 e. The highest BCUT2D eigenvalue weighted by atomic mass is 32.2. The van der Waals surface area contributed by atoms with Gasteiger partial charge in [0.2, 0.25) is 23.6 Å². The van der Waals surface area contributed by atoms with E-state index in [0.29, 0.717) is 13.1 Å². The number of carbonyl (C=O) groups is 4. The molecule has 2 aromatic carbocycles. The van der Waals surface area contributed by atoms with Crippen LogP contribution in [0.15, 0.2) is 59.5 Å². The molecule has 0 saturated carbocycles. The zero-order valence-electron chi connectivity index (χ0n) is 34.8. The van der Waals surface area contributed by atoms with Gasteiger partial charge >= 0.3 is 0 Å². The molecule has 55 heavy (non-hydrogen) atoms. The number of phenolic OH excluding ortho intramolecular Hbond substituents is 1. The highest BCUT2D eigenvalue weighted by Crippen LogP contribution is 2.36. The van der Waals surface area contributed by atoms with Crippen LogP contribution in [-0.4, -0.2) is 120 Å². The molecule has 0 aliphatic carbocycles. The predicted molar refractivity (Wildman–Crippen MR) is 221 cm³/mol. The van der Waals surface area contributed by atoms with Crippen LogP contribution in [0, 0.1) is 17.8 Å². The molecule has 306 valence electrons. The molecule has 0 spiro atoms. The number of hydrogen-bond donors (Lipinski definition) is 3. The fraction of sp³-hybridized carbons (Fsp3) is 0.628. The number of likely N-dealkylation sites (tertiary alicyclic amines) is 1. The first-order valence-corrected chi connectivity index (χ1v) is 20.8. The summed E-state index contributed by atoms with van der Waals surface area (Å²) in [4.78, 5) is 61.9. The zero-order chi connectivity index (χ0) is 40.8. The quantitative estimate of drug-likeness (QED) is 0.140. The van der Waals surface area contributed by atoms with Crippen LogP contribution in [0.4, 0.5) is 0 Å². The normalized spacial score (nSPS) is 17.8. The lowest BCUT2D eigenvalue weighted by Crippen LogP contribution is -2.59. The molecule has 0 bridgehead atoms. The minimum absolute atomic E-state index is 0.00726. The largest absolute Gasteiger partial charge is 0.508 e. The van der Waals surface area contributed by atoms with Gasteiger partial charge in [-0.2, -0.15) is 0 Å². The third kappa shape index (κ3) is 13.2. The fourth-order valence-corrected chi connectivity index (χ4v) is 9.13. The van der Waals surface area contributed by atoms with Gasteiger partial charge in [-0.15, -0.1) is 11.8 Å². The predicted octanol–water partition coefficient (Wildman–Crippen LogP) is 5.60. The van der Waals surface area contributed by atoms with Crippen molar-refractivity contribution in [2.75, 3.05) is 41.3 Å². The van der Waals surface area contributed by atoms with Crippen LogP contribution in [-0.2, 0) is 30.3 Å². The number of ether oxygens (including phenoxy) is 1. The molecule has 12 heteroatoms. The summed E-state index contributed by atoms with van der Waals surface area (Å²) in [5, 5.41) is 15.8. The number of carbonyl (C=O) groups excluding carboxylic acids is 4. The second-order valence-electron chi connectivity index (χ2n) is 15.9. The van der Waals surface area contributed by atoms with Crippen molar-refractivity contribution in [1.82, 2.24) is 25.3 Å². The van der Waals surface area contributed by atoms with E-state index < -0.39 is 18.2 Å². The van der Waals surface area contributed by atoms with Gasteiger partial charge in [-0.25, -0.2) is 0 Å². The van der Waals surface area contributed by atoms with Gasteiger partial charge in [-0.1, -0.05) is 78.3 Å². The first kappa shape index (κ1) is 45.8. The Morgan fingerprint density at radius 2 is 1.60 bits per heavy atom. The molecular weight excluding hydrogens is 715 g/mol. The molecule has 1 fully saturated rings. The van der Waals surface area contributed by atoms with E-state index in [2.05, 4.69) is 24.5 Å². The van der Waals surface area contributed by atoms with E-state index in [-0.39, 0.29) is 77.3 Å². The van der Waals surface area contributed by atoms with Gasteiger partial charge < -0.3 is 30.3 Å². The standard InChI is InChI=1S/C43H67N5O6S/c1-11-30(6)41(47(9)43(53)39(28(2)3)45-42(52)40(29(4)5)46(7)8)35(54-10)26-38(51)48-25-15-18-34(48)36(55-33-21-19-32(49)20-22-33)27-37(50)44-24-23-31-16-13-12-14-17-31/h12-14,16-17,19-22,28-30,34-36,39-41,49H,11,15,18,23-27H2,1-10H3,(H,44,50)(H,45,52)/t30?,34?,35?,36-,39?,40?,41?/m0/s1. The molecule has 4 amide bonds. The summed E-state index contributed by atoms with van der Waals surface area (Å²) in [5.74, 6) is -0.521. The Morgan fingerprint density at radius 3 is 2.16 bits per heavy atom. The van der Waals surface area contributed by atoms with Crippen LogP contribution in [0.3, 0.4) is 0 Å². The highest BCUT2D eigenvalue weighted by Gasteiger charge is 2.41. The van der Waals surface area contributed by atoms with E-state index in [1.165, 1.54) is 0 Å². The van der Waals surface area contributed by atoms with E-state index in [1.54, 1.807) is 43.0 Å². The molecule has 2 aromatic rings. The lowest BCUT2D eigenvalue weighted by molar-refractivity contribution is -0.146. The fourth-order valence-electron chi connectivity index (χ4n) is 7.81. The van der Waals surface area contributed by atoms with Gasteiger partial charge in [0.25, 0.3) is 0 Å². The average Bonchev–Trinajstić information content (AvgIpc) is 3.64. The maximum atomic E-state index is 14.4. The number of methoxy groups -OCH3 is 1. The summed E-state index contributed by atoms with van der Waals surface area (Å²) in [5.41, 5.74) is 1.15. The summed E-state index contributed by atoms with van der Waals surface area (Å²) >= 11 is 1.55. The third-order valence-corrected chi connectivity index (χ3v) is 12.2. The Hall–Kier alpha value is -3.61. The molecule has 3 rings (SSSR count). The van der Waals surface area contributed by atoms with Crippen molar-refractivity contribution in [3.63, 3.8) is 0 Å². The van der Waals surface area contributed by atoms with Crippen molar-refractivity contribution in [3.8, 4) is 5.75 Å². The Bertz CT molecular complexity index is 1500. The Morgan fingerprint density at radius 1 is 0.945 bits per heavy atom. The smallest absolute Gasteiger partial charge is 0.245 e. The van der Waals surface area contributed by atoms with Crippen LogP contribution < -0.4 is 10.6 Å². The minimum atomic E-state index is -0.752. The summed E-state index contributed by atoms with van der Waals surface area (Å²) < 4.78 is 6.08. The van der Waals surface area contributed by atoms with Crippen molar-refractivity contribution in [1.29, 1.82) is 0 Å². The number of hydrogen-bond acceptors (Lipinski definition) is 8. The van der Waals surface area contributed by atoms with Crippen molar-refractivity contribution in [2.24, 2.45) is 17.8 Å². The summed E-state index contributed by atoms with van der Waals surface area (Å²) in [6, 6.07) is 15.2. The van der Waals surface area contributed by atoms with Crippen molar-refractivity contribution >= 4 is 35.4 Å². The summed E-state index contributed by atoms with van der Waals surface area (Å²) in [6.07, 6.45) is 2.73. The number of aromatic hydroxyl groups is 1. The van der Waals surface area contributed by atoms with Gasteiger partial charge in [-0.05, 0) is 80.9 Å². The lowest BCUT2D eigenvalue weighted by Gasteiger charge is -2.41. The van der Waals surface area contributed by atoms with Crippen LogP contribution >= 0.6 is 11.8 Å². The number of phenols is 1. The number of likely N-dealkylation sites (N-methyl/N-ethyl adjacent to an activating group) is 2. The first-order valence-electron chi connectivity index (χ1n) is 19.9. The van der Waals surface area contributed by atoms with E-state index >= 15 is 0 Å². The number of amides is 4. The number of rotatable bonds is 21. The maximum absolute atomic E-state index is 14.4. The SMILES string of the molecule is CCC(C)C(C(CC(=O)N1CCCC1[C@H](CC(=O)NCCc1ccccc1)Sc1ccc(O)cc1)OC)N(C)C(=O)C(NC(=O)C(C(C)C)N(C)C)C(C)C. The summed E-state index contributed by atoms with van der Waals surface area (Å²) in [7, 11) is 7.07. The Kier molecular flexibility index (Phi) is 18.5. The zero-order valence-corrected chi connectivity index (χ0v) is 35.6. The number of benzene rings is 2. The van der Waals surface area contributed by atoms with E-state index in [0.717, 1.165) is 36.1 Å². The Labute approximate surface area is 334 Å². The average molecular weight is 782 g/mol. The maximum Gasteiger partial charge on any atom is 0.245 e. The van der Waals surface area contributed by atoms with E-state index in [9.17, 15) is 24.3 Å². The Balaban J connectivity index is 1.82. The van der Waals surface area contributed by atoms with Crippen molar-refractivity contribution < 1.29 is 29.0 Å². The molecule has 0 aromatic heterocycles. The molecule has 1 aliphatic heterocycles. The molecule has 0 radical (unpaired) electrons. The van der Waals surface area contributed by atoms with Crippen molar-refractivity contribution in [3.05, 3.63) is 60.2 Å². The molecule has 6 unspecified atom stereocenters. The first-order chi connectivity index (χ1) is 26.1. The third-order valence-electron chi connectivity index (χ3n) is 10.9. The van der Waals surface area contributed by atoms with E-state index in [1.807, 2.05) is 94.1 Å². The lowest BCUT2D eigenvalue weighted by atomic mass is 9.89. The molecule has 1 heterocycles. The topological polar surface area (TPSA) is 132 Å². The van der Waals surface area contributed by atoms with Crippen LogP contribution in [0.5, 0.6) is 5.75 Å². The van der Waals surface area contributed by atoms with Crippen LogP contribution in [0.1, 0.15) is 79.2 Å². The summed E-state index contributed by atoms with van der Waals surface area (Å²) in [6.45, 7) is 13.0. The molecular formula is C43H67N5O6S. The van der Waals surface area contributed by atoms with Crippen LogP contribution in [0.2, 0.25) is 0 Å². The number of nitrogens with zero attached hydrogens (tertiary/aromatic N) is 3. The molecule has 7 atom stereocenters. The molecule has 1 saturated heterocycles. The van der Waals surface area contributed by atoms with Gasteiger partial charge in [0, 0.05) is 49.9 Å². The van der Waals surface area contributed by atoms with Gasteiger partial charge in [0.1, 0.15) is 11.8 Å². The number of nitrogens with one attached hydrogen (secondary N) is 2. The molecule has 11 nitrogen and oxygen atoms in total. The molecule has 1 aliphatic rings. The van der Waals surface area contributed by atoms with Gasteiger partial charge in [-0.3, -0.25) is 24.1 Å². The van der Waals surface area contributed by atoms with Crippen molar-refractivity contribution in [2.45, 2.75) is 120 Å².